The van der Waals surface area contributed by atoms with Crippen molar-refractivity contribution in [3.8, 4) is 0 Å². The minimum atomic E-state index is -1.50. The average molecular weight is 485 g/mol. The number of carbonyl (C=O) groups is 1. The smallest absolute Gasteiger partial charge is 0.272 e. The van der Waals surface area contributed by atoms with Crippen LogP contribution in [0, 0.1) is 17.6 Å². The molecule has 35 heavy (non-hydrogen) atoms. The van der Waals surface area contributed by atoms with Crippen molar-refractivity contribution < 1.29 is 18.0 Å². The fourth-order valence-electron chi connectivity index (χ4n) is 4.42. The first-order chi connectivity index (χ1) is 16.8. The molecular formula is C25H27F3N6O. The Morgan fingerprint density at radius 2 is 1.83 bits per heavy atom. The molecule has 5 rings (SSSR count). The van der Waals surface area contributed by atoms with Crippen LogP contribution in [0.4, 0.5) is 24.8 Å². The van der Waals surface area contributed by atoms with E-state index in [1.807, 2.05) is 0 Å². The third kappa shape index (κ3) is 4.87. The van der Waals surface area contributed by atoms with Crippen LogP contribution in [0.2, 0.25) is 0 Å². The molecule has 0 radical (unpaired) electrons. The van der Waals surface area contributed by atoms with Gasteiger partial charge in [-0.15, -0.1) is 0 Å². The molecule has 1 atom stereocenters. The molecule has 1 amide bonds. The fourth-order valence-corrected chi connectivity index (χ4v) is 4.42. The number of nitrogens with one attached hydrogen (secondary N) is 1. The van der Waals surface area contributed by atoms with Crippen molar-refractivity contribution in [1.29, 1.82) is 0 Å². The van der Waals surface area contributed by atoms with Gasteiger partial charge < -0.3 is 15.1 Å². The molecule has 1 N–H and O–H groups in total. The highest BCUT2D eigenvalue weighted by Crippen LogP contribution is 2.38. The highest BCUT2D eigenvalue weighted by molar-refractivity contribution is 5.95. The SMILES string of the molecule is CN(C)C(=O)c1cc2nc(NC3CC3)c(N3CCC([C@@H](F)c4ccc(F)cc4F)CC3)nc2cn1. The molecule has 7 nitrogen and oxygen atoms in total. The lowest BCUT2D eigenvalue weighted by Gasteiger charge is -2.35. The Morgan fingerprint density at radius 3 is 2.49 bits per heavy atom. The second-order valence-corrected chi connectivity index (χ2v) is 9.46. The Balaban J connectivity index is 1.38. The Hall–Kier alpha value is -3.43. The molecule has 10 heteroatoms. The number of hydrogen-bond donors (Lipinski definition) is 1. The lowest BCUT2D eigenvalue weighted by atomic mass is 9.88. The molecule has 0 unspecified atom stereocenters. The summed E-state index contributed by atoms with van der Waals surface area (Å²) in [5.41, 5.74) is 1.34. The number of aromatic nitrogens is 3. The zero-order chi connectivity index (χ0) is 24.7. The number of alkyl halides is 1. The summed E-state index contributed by atoms with van der Waals surface area (Å²) < 4.78 is 42.4. The van der Waals surface area contributed by atoms with E-state index in [1.165, 1.54) is 11.0 Å². The second-order valence-electron chi connectivity index (χ2n) is 9.46. The number of benzene rings is 1. The maximum absolute atomic E-state index is 15.1. The predicted octanol–water partition coefficient (Wildman–Crippen LogP) is 4.51. The maximum Gasteiger partial charge on any atom is 0.272 e. The molecule has 2 aromatic heterocycles. The standard InChI is InChI=1S/C25H27F3N6O/c1-33(2)25(35)20-12-19-21(13-29-20)32-24(23(31-19)30-16-4-5-16)34-9-7-14(8-10-34)22(28)17-6-3-15(26)11-18(17)27/h3,6,11-14,16,22H,4-5,7-10H2,1-2H3,(H,30,31)/t22-/m1/s1. The van der Waals surface area contributed by atoms with Gasteiger partial charge >= 0.3 is 0 Å². The summed E-state index contributed by atoms with van der Waals surface area (Å²) in [6.07, 6.45) is 3.14. The highest BCUT2D eigenvalue weighted by Gasteiger charge is 2.32. The van der Waals surface area contributed by atoms with Gasteiger partial charge in [0.25, 0.3) is 5.91 Å². The van der Waals surface area contributed by atoms with Gasteiger partial charge in [0.1, 0.15) is 29.0 Å². The summed E-state index contributed by atoms with van der Waals surface area (Å²) >= 11 is 0. The molecule has 1 aliphatic carbocycles. The average Bonchev–Trinajstić information content (AvgIpc) is 3.66. The molecule has 0 bridgehead atoms. The van der Waals surface area contributed by atoms with Gasteiger partial charge in [-0.1, -0.05) is 6.07 Å². The van der Waals surface area contributed by atoms with Crippen LogP contribution < -0.4 is 10.2 Å². The van der Waals surface area contributed by atoms with Gasteiger partial charge in [0, 0.05) is 44.9 Å². The van der Waals surface area contributed by atoms with Crippen LogP contribution in [0.3, 0.4) is 0 Å². The zero-order valence-corrected chi connectivity index (χ0v) is 19.6. The first kappa shape index (κ1) is 23.3. The number of hydrogen-bond acceptors (Lipinski definition) is 6. The molecule has 1 saturated carbocycles. The first-order valence-electron chi connectivity index (χ1n) is 11.8. The van der Waals surface area contributed by atoms with Crippen molar-refractivity contribution >= 4 is 28.6 Å². The molecule has 184 valence electrons. The third-order valence-electron chi connectivity index (χ3n) is 6.59. The van der Waals surface area contributed by atoms with Gasteiger partial charge in [-0.05, 0) is 43.7 Å². The van der Waals surface area contributed by atoms with Crippen LogP contribution in [0.15, 0.2) is 30.5 Å². The molecule has 1 aromatic carbocycles. The van der Waals surface area contributed by atoms with Crippen molar-refractivity contribution in [2.75, 3.05) is 37.4 Å². The Bertz CT molecular complexity index is 1260. The lowest BCUT2D eigenvalue weighted by Crippen LogP contribution is -2.36. The van der Waals surface area contributed by atoms with Crippen molar-refractivity contribution in [1.82, 2.24) is 19.9 Å². The summed E-state index contributed by atoms with van der Waals surface area (Å²) in [5, 5.41) is 3.43. The molecule has 3 aromatic rings. The van der Waals surface area contributed by atoms with E-state index in [-0.39, 0.29) is 17.4 Å². The predicted molar refractivity (Wildman–Crippen MR) is 127 cm³/mol. The number of fused-ring (bicyclic) bond motifs is 1. The van der Waals surface area contributed by atoms with E-state index < -0.39 is 17.8 Å². The molecule has 0 spiro atoms. The van der Waals surface area contributed by atoms with E-state index in [9.17, 15) is 13.6 Å². The van der Waals surface area contributed by atoms with Gasteiger partial charge in [-0.2, -0.15) is 0 Å². The summed E-state index contributed by atoms with van der Waals surface area (Å²) in [7, 11) is 3.33. The van der Waals surface area contributed by atoms with E-state index in [1.54, 1.807) is 26.4 Å². The number of pyridine rings is 1. The second kappa shape index (κ2) is 9.31. The summed E-state index contributed by atoms with van der Waals surface area (Å²) in [5.74, 6) is -0.855. The van der Waals surface area contributed by atoms with Gasteiger partial charge in [0.2, 0.25) is 0 Å². The van der Waals surface area contributed by atoms with E-state index in [0.717, 1.165) is 25.0 Å². The fraction of sp³-hybridized carbons (Fsp3) is 0.440. The molecule has 1 saturated heterocycles. The van der Waals surface area contributed by atoms with E-state index in [4.69, 9.17) is 9.97 Å². The largest absolute Gasteiger partial charge is 0.364 e. The van der Waals surface area contributed by atoms with Crippen LogP contribution in [0.5, 0.6) is 0 Å². The third-order valence-corrected chi connectivity index (χ3v) is 6.59. The minimum absolute atomic E-state index is 0.0967. The van der Waals surface area contributed by atoms with Gasteiger partial charge in [-0.25, -0.2) is 28.1 Å². The zero-order valence-electron chi connectivity index (χ0n) is 19.6. The number of nitrogens with zero attached hydrogens (tertiary/aromatic N) is 5. The Morgan fingerprint density at radius 1 is 1.09 bits per heavy atom. The Labute approximate surface area is 201 Å². The van der Waals surface area contributed by atoms with Crippen molar-refractivity contribution in [3.05, 3.63) is 53.4 Å². The van der Waals surface area contributed by atoms with Crippen LogP contribution in [-0.2, 0) is 0 Å². The minimum Gasteiger partial charge on any atom is -0.364 e. The van der Waals surface area contributed by atoms with Gasteiger partial charge in [0.05, 0.1) is 11.7 Å². The van der Waals surface area contributed by atoms with Crippen molar-refractivity contribution in [3.63, 3.8) is 0 Å². The van der Waals surface area contributed by atoms with E-state index in [2.05, 4.69) is 15.2 Å². The summed E-state index contributed by atoms with van der Waals surface area (Å²) in [6, 6.07) is 4.98. The van der Waals surface area contributed by atoms with Gasteiger partial charge in [-0.3, -0.25) is 4.79 Å². The topological polar surface area (TPSA) is 74.2 Å². The van der Waals surface area contributed by atoms with Crippen LogP contribution in [-0.4, -0.2) is 59.0 Å². The lowest BCUT2D eigenvalue weighted by molar-refractivity contribution is 0.0822. The number of carbonyl (C=O) groups excluding carboxylic acids is 1. The Kier molecular flexibility index (Phi) is 6.21. The number of piperidine rings is 1. The first-order valence-corrected chi connectivity index (χ1v) is 11.8. The van der Waals surface area contributed by atoms with Crippen molar-refractivity contribution in [2.24, 2.45) is 5.92 Å². The molecule has 1 aliphatic heterocycles. The number of amides is 1. The van der Waals surface area contributed by atoms with Crippen molar-refractivity contribution in [2.45, 2.75) is 37.9 Å². The monoisotopic (exact) mass is 484 g/mol. The molecule has 2 fully saturated rings. The number of rotatable bonds is 6. The van der Waals surface area contributed by atoms with Gasteiger partial charge in [0.15, 0.2) is 11.6 Å². The summed E-state index contributed by atoms with van der Waals surface area (Å²) in [6.45, 7) is 1.05. The van der Waals surface area contributed by atoms with Crippen LogP contribution in [0.1, 0.15) is 47.9 Å². The van der Waals surface area contributed by atoms with Crippen LogP contribution >= 0.6 is 0 Å². The number of anilines is 2. The molecule has 2 aliphatic rings. The maximum atomic E-state index is 15.1. The summed E-state index contributed by atoms with van der Waals surface area (Å²) in [4.78, 5) is 29.7. The van der Waals surface area contributed by atoms with E-state index in [0.29, 0.717) is 60.3 Å². The molecular weight excluding hydrogens is 457 g/mol. The molecule has 3 heterocycles. The quantitative estimate of drug-likeness (QED) is 0.555. The highest BCUT2D eigenvalue weighted by atomic mass is 19.1. The van der Waals surface area contributed by atoms with E-state index >= 15 is 4.39 Å². The number of halogens is 3. The van der Waals surface area contributed by atoms with Crippen LogP contribution in [0.25, 0.3) is 11.0 Å². The normalized spacial score (nSPS) is 17.5.